The smallest absolute Gasteiger partial charge is 0.191 e. The van der Waals surface area contributed by atoms with E-state index in [4.69, 9.17) is 10.7 Å². The van der Waals surface area contributed by atoms with Crippen LogP contribution in [0.3, 0.4) is 0 Å². The lowest BCUT2D eigenvalue weighted by atomic mass is 9.87. The average Bonchev–Trinajstić information content (AvgIpc) is 2.99. The van der Waals surface area contributed by atoms with E-state index in [2.05, 4.69) is 28.0 Å². The maximum absolute atomic E-state index is 6.23. The second-order valence-corrected chi connectivity index (χ2v) is 7.73. The molecule has 2 saturated heterocycles. The molecule has 1 aromatic rings. The van der Waals surface area contributed by atoms with Crippen molar-refractivity contribution >= 4 is 17.7 Å². The van der Waals surface area contributed by atoms with Crippen molar-refractivity contribution in [1.29, 1.82) is 0 Å². The van der Waals surface area contributed by atoms with Crippen molar-refractivity contribution in [2.75, 3.05) is 44.7 Å². The van der Waals surface area contributed by atoms with Gasteiger partial charge in [0.2, 0.25) is 0 Å². The van der Waals surface area contributed by atoms with E-state index in [1.165, 1.54) is 18.5 Å². The highest BCUT2D eigenvalue weighted by atomic mass is 32.2. The lowest BCUT2D eigenvalue weighted by molar-refractivity contribution is 0.118. The number of aliphatic imine (C=N–C) groups is 1. The molecule has 0 saturated carbocycles. The van der Waals surface area contributed by atoms with Gasteiger partial charge in [-0.25, -0.2) is 0 Å². The molecule has 2 N–H and O–H groups in total. The molecule has 128 valence electrons. The van der Waals surface area contributed by atoms with Crippen molar-refractivity contribution in [3.63, 3.8) is 0 Å². The molecule has 3 heterocycles. The molecule has 0 unspecified atom stereocenters. The van der Waals surface area contributed by atoms with Gasteiger partial charge in [0.05, 0.1) is 11.7 Å². The molecule has 3 rings (SSSR count). The number of thioether (sulfide) groups is 1. The first-order valence-corrected chi connectivity index (χ1v) is 9.63. The van der Waals surface area contributed by atoms with Gasteiger partial charge in [-0.05, 0) is 38.4 Å². The van der Waals surface area contributed by atoms with Crippen LogP contribution in [0.4, 0.5) is 0 Å². The summed E-state index contributed by atoms with van der Waals surface area (Å²) < 4.78 is 1.99. The van der Waals surface area contributed by atoms with Crippen LogP contribution in [-0.4, -0.2) is 70.3 Å². The summed E-state index contributed by atoms with van der Waals surface area (Å²) in [5.41, 5.74) is 7.51. The SMILES string of the molecule is CN1CCC[C@@H](CN=C(N)N2CCSCC2)[C@@H]1c1ccnn1C. The molecule has 0 radical (unpaired) electrons. The van der Waals surface area contributed by atoms with Gasteiger partial charge < -0.3 is 10.6 Å². The molecule has 2 fully saturated rings. The summed E-state index contributed by atoms with van der Waals surface area (Å²) in [6, 6.07) is 2.51. The Morgan fingerprint density at radius 3 is 2.83 bits per heavy atom. The van der Waals surface area contributed by atoms with Gasteiger partial charge >= 0.3 is 0 Å². The first kappa shape index (κ1) is 16.6. The van der Waals surface area contributed by atoms with Crippen molar-refractivity contribution in [2.24, 2.45) is 23.7 Å². The van der Waals surface area contributed by atoms with Gasteiger partial charge in [0.1, 0.15) is 0 Å². The van der Waals surface area contributed by atoms with Gasteiger partial charge in [0.25, 0.3) is 0 Å². The second-order valence-electron chi connectivity index (χ2n) is 6.51. The second kappa shape index (κ2) is 7.57. The lowest BCUT2D eigenvalue weighted by Gasteiger charge is -2.38. The van der Waals surface area contributed by atoms with Crippen LogP contribution in [0.15, 0.2) is 17.3 Å². The van der Waals surface area contributed by atoms with Crippen LogP contribution in [0.5, 0.6) is 0 Å². The fourth-order valence-corrected chi connectivity index (χ4v) is 4.60. The van der Waals surface area contributed by atoms with Crippen LogP contribution in [0.2, 0.25) is 0 Å². The Kier molecular flexibility index (Phi) is 5.48. The predicted octanol–water partition coefficient (Wildman–Crippen LogP) is 1.17. The molecule has 1 aromatic heterocycles. The summed E-state index contributed by atoms with van der Waals surface area (Å²) in [6.45, 7) is 3.98. The fraction of sp³-hybridized carbons (Fsp3) is 0.750. The number of nitrogens with zero attached hydrogens (tertiary/aromatic N) is 5. The molecule has 2 aliphatic rings. The van der Waals surface area contributed by atoms with Crippen molar-refractivity contribution < 1.29 is 0 Å². The molecule has 0 bridgehead atoms. The van der Waals surface area contributed by atoms with Crippen LogP contribution in [0, 0.1) is 5.92 Å². The van der Waals surface area contributed by atoms with E-state index in [1.54, 1.807) is 0 Å². The Morgan fingerprint density at radius 2 is 2.13 bits per heavy atom. The number of likely N-dealkylation sites (tertiary alicyclic amines) is 1. The molecule has 0 spiro atoms. The molecular weight excluding hydrogens is 308 g/mol. The minimum absolute atomic E-state index is 0.379. The molecule has 0 amide bonds. The number of nitrogens with two attached hydrogens (primary N) is 1. The van der Waals surface area contributed by atoms with Gasteiger partial charge in [0, 0.05) is 44.4 Å². The third-order valence-corrected chi connectivity index (χ3v) is 5.93. The quantitative estimate of drug-likeness (QED) is 0.663. The highest BCUT2D eigenvalue weighted by molar-refractivity contribution is 7.99. The highest BCUT2D eigenvalue weighted by Gasteiger charge is 2.32. The third kappa shape index (κ3) is 3.83. The Bertz CT molecular complexity index is 536. The van der Waals surface area contributed by atoms with E-state index < -0.39 is 0 Å². The van der Waals surface area contributed by atoms with Gasteiger partial charge in [-0.15, -0.1) is 0 Å². The van der Waals surface area contributed by atoms with Crippen molar-refractivity contribution in [1.82, 2.24) is 19.6 Å². The molecule has 0 aliphatic carbocycles. The Hall–Kier alpha value is -1.21. The van der Waals surface area contributed by atoms with E-state index >= 15 is 0 Å². The highest BCUT2D eigenvalue weighted by Crippen LogP contribution is 2.34. The largest absolute Gasteiger partial charge is 0.370 e. The number of rotatable bonds is 3. The van der Waals surface area contributed by atoms with Crippen LogP contribution in [-0.2, 0) is 7.05 Å². The van der Waals surface area contributed by atoms with Crippen molar-refractivity contribution in [3.05, 3.63) is 18.0 Å². The lowest BCUT2D eigenvalue weighted by Crippen LogP contribution is -2.43. The minimum Gasteiger partial charge on any atom is -0.370 e. The zero-order valence-electron chi connectivity index (χ0n) is 14.2. The summed E-state index contributed by atoms with van der Waals surface area (Å²) in [5.74, 6) is 3.53. The van der Waals surface area contributed by atoms with E-state index in [0.717, 1.165) is 43.6 Å². The maximum atomic E-state index is 6.23. The van der Waals surface area contributed by atoms with Gasteiger partial charge in [-0.3, -0.25) is 14.6 Å². The number of aryl methyl sites for hydroxylation is 1. The number of piperidine rings is 1. The predicted molar refractivity (Wildman–Crippen MR) is 96.7 cm³/mol. The third-order valence-electron chi connectivity index (χ3n) is 4.99. The van der Waals surface area contributed by atoms with Crippen LogP contribution < -0.4 is 5.73 Å². The van der Waals surface area contributed by atoms with Crippen LogP contribution in [0.25, 0.3) is 0 Å². The van der Waals surface area contributed by atoms with E-state index in [-0.39, 0.29) is 0 Å². The topological polar surface area (TPSA) is 62.7 Å². The van der Waals surface area contributed by atoms with Gasteiger partial charge in [-0.2, -0.15) is 16.9 Å². The summed E-state index contributed by atoms with van der Waals surface area (Å²) in [7, 11) is 4.23. The van der Waals surface area contributed by atoms with E-state index in [9.17, 15) is 0 Å². The van der Waals surface area contributed by atoms with E-state index in [0.29, 0.717) is 12.0 Å². The fourth-order valence-electron chi connectivity index (χ4n) is 3.70. The molecule has 2 atom stereocenters. The first-order chi connectivity index (χ1) is 11.2. The standard InChI is InChI=1S/C16H28N6S/c1-20-7-3-4-13(15(20)14-5-6-19-21(14)2)12-18-16(17)22-8-10-23-11-9-22/h5-6,13,15H,3-4,7-12H2,1-2H3,(H2,17,18)/t13-,15+/m0/s1. The Labute approximate surface area is 143 Å². The zero-order valence-corrected chi connectivity index (χ0v) is 15.0. The summed E-state index contributed by atoms with van der Waals surface area (Å²) in [4.78, 5) is 9.41. The molecule has 2 aliphatic heterocycles. The number of guanidine groups is 1. The number of hydrogen-bond acceptors (Lipinski definition) is 4. The summed E-state index contributed by atoms with van der Waals surface area (Å²) in [6.07, 6.45) is 4.32. The summed E-state index contributed by atoms with van der Waals surface area (Å²) >= 11 is 1.99. The zero-order chi connectivity index (χ0) is 16.2. The van der Waals surface area contributed by atoms with Crippen molar-refractivity contribution in [3.8, 4) is 0 Å². The summed E-state index contributed by atoms with van der Waals surface area (Å²) in [5, 5.41) is 4.35. The normalized spacial score (nSPS) is 27.4. The molecule has 23 heavy (non-hydrogen) atoms. The number of aromatic nitrogens is 2. The van der Waals surface area contributed by atoms with Gasteiger partial charge in [-0.1, -0.05) is 0 Å². The maximum Gasteiger partial charge on any atom is 0.191 e. The van der Waals surface area contributed by atoms with Crippen molar-refractivity contribution in [2.45, 2.75) is 18.9 Å². The number of hydrogen-bond donors (Lipinski definition) is 1. The average molecular weight is 337 g/mol. The Balaban J connectivity index is 1.70. The van der Waals surface area contributed by atoms with E-state index in [1.807, 2.05) is 29.7 Å². The molecule has 7 heteroatoms. The Morgan fingerprint density at radius 1 is 1.35 bits per heavy atom. The molecule has 6 nitrogen and oxygen atoms in total. The molecule has 0 aromatic carbocycles. The molecular formula is C16H28N6S. The monoisotopic (exact) mass is 336 g/mol. The first-order valence-electron chi connectivity index (χ1n) is 8.47. The van der Waals surface area contributed by atoms with Crippen LogP contribution in [0.1, 0.15) is 24.6 Å². The van der Waals surface area contributed by atoms with Gasteiger partial charge in [0.15, 0.2) is 5.96 Å². The van der Waals surface area contributed by atoms with Crippen LogP contribution >= 0.6 is 11.8 Å². The minimum atomic E-state index is 0.379.